The maximum atomic E-state index is 12.7. The Bertz CT molecular complexity index is 1270. The lowest BCUT2D eigenvalue weighted by atomic mass is 9.89. The molecule has 1 aromatic carbocycles. The van der Waals surface area contributed by atoms with E-state index >= 15 is 0 Å². The summed E-state index contributed by atoms with van der Waals surface area (Å²) >= 11 is 6.20. The molecule has 0 radical (unpaired) electrons. The van der Waals surface area contributed by atoms with Gasteiger partial charge in [0.25, 0.3) is 5.56 Å². The number of imidazole rings is 1. The number of aromatic nitrogens is 4. The van der Waals surface area contributed by atoms with Gasteiger partial charge in [-0.15, -0.1) is 0 Å². The van der Waals surface area contributed by atoms with Gasteiger partial charge in [-0.25, -0.2) is 4.79 Å². The van der Waals surface area contributed by atoms with Crippen LogP contribution in [0.15, 0.2) is 27.8 Å². The standard InChI is InChI=1S/C21H24ClN5O3/c1-12(14-9-8-13-6-4-5-7-15(13)10-14)23-16(28)11-27-17-18(24-20(27)22)25(2)21(30)26(3)19(17)29/h8-10,12H,4-7,11H2,1-3H3,(H,23,28)/t12-/m0/s1. The summed E-state index contributed by atoms with van der Waals surface area (Å²) in [5, 5.41) is 2.96. The van der Waals surface area contributed by atoms with Gasteiger partial charge in [0, 0.05) is 14.1 Å². The number of aryl methyl sites for hydroxylation is 3. The highest BCUT2D eigenvalue weighted by atomic mass is 35.5. The van der Waals surface area contributed by atoms with Gasteiger partial charge < -0.3 is 5.32 Å². The number of hydrogen-bond acceptors (Lipinski definition) is 4. The fourth-order valence-electron chi connectivity index (χ4n) is 4.10. The predicted molar refractivity (Wildman–Crippen MR) is 115 cm³/mol. The van der Waals surface area contributed by atoms with Gasteiger partial charge in [0.15, 0.2) is 11.2 Å². The first kappa shape index (κ1) is 20.4. The van der Waals surface area contributed by atoms with Crippen LogP contribution < -0.4 is 16.6 Å². The van der Waals surface area contributed by atoms with Crippen molar-refractivity contribution in [1.82, 2.24) is 24.0 Å². The molecule has 4 rings (SSSR count). The molecule has 2 aromatic heterocycles. The molecule has 0 saturated heterocycles. The van der Waals surface area contributed by atoms with Crippen molar-refractivity contribution in [2.45, 2.75) is 45.2 Å². The molecule has 1 atom stereocenters. The van der Waals surface area contributed by atoms with Crippen molar-refractivity contribution in [2.75, 3.05) is 0 Å². The molecule has 1 aliphatic rings. The SMILES string of the molecule is C[C@H](NC(=O)Cn1c(Cl)nc2c1c(=O)n(C)c(=O)n2C)c1ccc2c(c1)CCCC2. The van der Waals surface area contributed by atoms with Gasteiger partial charge in [-0.2, -0.15) is 4.98 Å². The summed E-state index contributed by atoms with van der Waals surface area (Å²) in [6.45, 7) is 1.76. The number of fused-ring (bicyclic) bond motifs is 2. The van der Waals surface area contributed by atoms with Crippen LogP contribution in [0.25, 0.3) is 11.2 Å². The minimum atomic E-state index is -0.539. The van der Waals surface area contributed by atoms with Crippen molar-refractivity contribution in [3.8, 4) is 0 Å². The molecule has 0 bridgehead atoms. The number of carbonyl (C=O) groups excluding carboxylic acids is 1. The molecule has 0 fully saturated rings. The monoisotopic (exact) mass is 429 g/mol. The smallest absolute Gasteiger partial charge is 0.332 e. The van der Waals surface area contributed by atoms with Crippen molar-refractivity contribution in [3.63, 3.8) is 0 Å². The number of carbonyl (C=O) groups is 1. The number of nitrogens with zero attached hydrogens (tertiary/aromatic N) is 4. The van der Waals surface area contributed by atoms with Crippen molar-refractivity contribution < 1.29 is 4.79 Å². The van der Waals surface area contributed by atoms with Crippen LogP contribution in [-0.2, 0) is 38.3 Å². The third kappa shape index (κ3) is 3.45. The van der Waals surface area contributed by atoms with Gasteiger partial charge in [0.05, 0.1) is 6.04 Å². The van der Waals surface area contributed by atoms with Crippen LogP contribution in [0.1, 0.15) is 42.5 Å². The van der Waals surface area contributed by atoms with Crippen molar-refractivity contribution >= 4 is 28.7 Å². The Kier molecular flexibility index (Phi) is 5.27. The number of hydrogen-bond donors (Lipinski definition) is 1. The molecule has 0 spiro atoms. The number of nitrogens with one attached hydrogen (secondary N) is 1. The zero-order valence-electron chi connectivity index (χ0n) is 17.2. The van der Waals surface area contributed by atoms with Crippen LogP contribution in [0.3, 0.4) is 0 Å². The van der Waals surface area contributed by atoms with Crippen LogP contribution in [0.2, 0.25) is 5.28 Å². The Labute approximate surface area is 178 Å². The van der Waals surface area contributed by atoms with Gasteiger partial charge in [0.1, 0.15) is 6.54 Å². The molecule has 0 unspecified atom stereocenters. The highest BCUT2D eigenvalue weighted by molar-refractivity contribution is 6.29. The third-order valence-corrected chi connectivity index (χ3v) is 6.14. The van der Waals surface area contributed by atoms with E-state index in [4.69, 9.17) is 11.6 Å². The number of amides is 1. The molecule has 158 valence electrons. The normalized spacial score (nSPS) is 14.5. The lowest BCUT2D eigenvalue weighted by Crippen LogP contribution is -2.38. The van der Waals surface area contributed by atoms with E-state index in [9.17, 15) is 14.4 Å². The van der Waals surface area contributed by atoms with E-state index in [2.05, 4.69) is 28.5 Å². The molecule has 30 heavy (non-hydrogen) atoms. The molecule has 2 heterocycles. The molecular formula is C21H24ClN5O3. The summed E-state index contributed by atoms with van der Waals surface area (Å²) in [5.74, 6) is -0.294. The zero-order valence-corrected chi connectivity index (χ0v) is 18.0. The molecule has 8 nitrogen and oxygen atoms in total. The number of benzene rings is 1. The molecule has 1 amide bonds. The summed E-state index contributed by atoms with van der Waals surface area (Å²) in [6, 6.07) is 6.19. The Morgan fingerprint density at radius 1 is 1.17 bits per heavy atom. The topological polar surface area (TPSA) is 90.9 Å². The minimum Gasteiger partial charge on any atom is -0.348 e. The number of rotatable bonds is 4. The first-order valence-electron chi connectivity index (χ1n) is 10.0. The average molecular weight is 430 g/mol. The second kappa shape index (κ2) is 7.75. The molecule has 0 aliphatic heterocycles. The Morgan fingerprint density at radius 3 is 2.60 bits per heavy atom. The summed E-state index contributed by atoms with van der Waals surface area (Å²) in [7, 11) is 2.89. The molecule has 0 saturated carbocycles. The van der Waals surface area contributed by atoms with Crippen molar-refractivity contribution in [3.05, 3.63) is 61.0 Å². The number of halogens is 1. The van der Waals surface area contributed by atoms with Crippen molar-refractivity contribution in [1.29, 1.82) is 0 Å². The van der Waals surface area contributed by atoms with Gasteiger partial charge in [-0.3, -0.25) is 23.3 Å². The van der Waals surface area contributed by atoms with Gasteiger partial charge in [-0.1, -0.05) is 18.2 Å². The Morgan fingerprint density at radius 2 is 1.87 bits per heavy atom. The third-order valence-electron chi connectivity index (χ3n) is 5.85. The van der Waals surface area contributed by atoms with Gasteiger partial charge in [0.2, 0.25) is 11.2 Å². The first-order valence-corrected chi connectivity index (χ1v) is 10.4. The first-order chi connectivity index (χ1) is 14.3. The van der Waals surface area contributed by atoms with Crippen molar-refractivity contribution in [2.24, 2.45) is 14.1 Å². The maximum absolute atomic E-state index is 12.7. The second-order valence-corrected chi connectivity index (χ2v) is 8.21. The van der Waals surface area contributed by atoms with Crippen LogP contribution >= 0.6 is 11.6 Å². The second-order valence-electron chi connectivity index (χ2n) is 7.87. The molecule has 3 aromatic rings. The highest BCUT2D eigenvalue weighted by Gasteiger charge is 2.21. The highest BCUT2D eigenvalue weighted by Crippen LogP contribution is 2.25. The van der Waals surface area contributed by atoms with Crippen LogP contribution in [0, 0.1) is 0 Å². The lowest BCUT2D eigenvalue weighted by Gasteiger charge is -2.20. The van der Waals surface area contributed by atoms with Crippen LogP contribution in [0.4, 0.5) is 0 Å². The van der Waals surface area contributed by atoms with E-state index in [0.717, 1.165) is 23.0 Å². The quantitative estimate of drug-likeness (QED) is 0.641. The average Bonchev–Trinajstić information content (AvgIpc) is 3.06. The van der Waals surface area contributed by atoms with Gasteiger partial charge in [-0.05, 0) is 60.9 Å². The van der Waals surface area contributed by atoms with E-state index < -0.39 is 11.2 Å². The largest absolute Gasteiger partial charge is 0.348 e. The Hall–Kier alpha value is -2.87. The summed E-state index contributed by atoms with van der Waals surface area (Å²) < 4.78 is 3.56. The van der Waals surface area contributed by atoms with E-state index in [1.165, 1.54) is 47.2 Å². The predicted octanol–water partition coefficient (Wildman–Crippen LogP) is 1.84. The fourth-order valence-corrected chi connectivity index (χ4v) is 4.33. The zero-order chi connectivity index (χ0) is 21.6. The van der Waals surface area contributed by atoms with E-state index in [1.807, 2.05) is 6.92 Å². The molecular weight excluding hydrogens is 406 g/mol. The summed E-state index contributed by atoms with van der Waals surface area (Å²) in [6.07, 6.45) is 4.60. The Balaban J connectivity index is 1.59. The summed E-state index contributed by atoms with van der Waals surface area (Å²) in [4.78, 5) is 41.5. The maximum Gasteiger partial charge on any atom is 0.332 e. The summed E-state index contributed by atoms with van der Waals surface area (Å²) in [5.41, 5.74) is 3.03. The van der Waals surface area contributed by atoms with Gasteiger partial charge >= 0.3 is 5.69 Å². The molecule has 9 heteroatoms. The molecule has 1 N–H and O–H groups in total. The van der Waals surface area contributed by atoms with E-state index in [0.29, 0.717) is 0 Å². The lowest BCUT2D eigenvalue weighted by molar-refractivity contribution is -0.122. The van der Waals surface area contributed by atoms with Crippen LogP contribution in [-0.4, -0.2) is 24.6 Å². The fraction of sp³-hybridized carbons (Fsp3) is 0.429. The van der Waals surface area contributed by atoms with E-state index in [1.54, 1.807) is 0 Å². The molecule has 1 aliphatic carbocycles. The van der Waals surface area contributed by atoms with E-state index in [-0.39, 0.29) is 34.9 Å². The van der Waals surface area contributed by atoms with Crippen LogP contribution in [0.5, 0.6) is 0 Å². The minimum absolute atomic E-state index is 0.0140.